The van der Waals surface area contributed by atoms with Gasteiger partial charge in [-0.05, 0) is 103 Å². The summed E-state index contributed by atoms with van der Waals surface area (Å²) in [4.78, 5) is 25.7. The van der Waals surface area contributed by atoms with Crippen molar-refractivity contribution in [3.05, 3.63) is 122 Å². The van der Waals surface area contributed by atoms with Crippen LogP contribution < -0.4 is 10.2 Å². The number of likely N-dealkylation sites (N-methyl/N-ethyl adjacent to an activating group) is 1. The summed E-state index contributed by atoms with van der Waals surface area (Å²) < 4.78 is 23.5. The van der Waals surface area contributed by atoms with Crippen LogP contribution in [0, 0.1) is 0 Å². The zero-order valence-corrected chi connectivity index (χ0v) is 61.2. The van der Waals surface area contributed by atoms with Crippen molar-refractivity contribution < 1.29 is 32.9 Å². The molecule has 0 spiro atoms. The standard InChI is InChI=1S/C82H147N2O6P/c1-6-8-10-12-14-16-18-20-22-24-26-28-30-32-34-36-38-39-40-41-42-43-44-45-46-48-50-52-54-56-58-60-62-64-66-68-70-72-74-76-82(86)83-80(79-90-91(87,88)89-78-77-84(3,4)5)81(85)75-73-71-69-67-65-63-61-59-57-55-53-51-49-47-37-35-33-31-29-27-25-23-21-19-17-15-13-11-9-7-2/h8,10,14,16,20,22,26,28,32,34,38-39,41-42,57,59,65,67,73,75,80-81,85H,6-7,9,11-13,15,17-19,21,23-25,27,29-31,33,35-37,40,43-56,58,60-64,66,68-72,74,76-79H2,1-5H3,(H-,83,86,87,88)/b10-8-,16-14-,22-20-,28-26-,34-32-,39-38-,42-41-,59-57+,67-65+,75-73+. The Kier molecular flexibility index (Phi) is 68.8. The van der Waals surface area contributed by atoms with E-state index in [4.69, 9.17) is 9.05 Å². The molecule has 9 heteroatoms. The molecule has 0 saturated carbocycles. The minimum atomic E-state index is -4.62. The molecular weight excluding hydrogens is 1140 g/mol. The van der Waals surface area contributed by atoms with E-state index in [1.165, 1.54) is 231 Å². The summed E-state index contributed by atoms with van der Waals surface area (Å²) in [7, 11) is 1.24. The van der Waals surface area contributed by atoms with Gasteiger partial charge in [0, 0.05) is 6.42 Å². The molecule has 3 unspecified atom stereocenters. The maximum atomic E-state index is 13.1. The van der Waals surface area contributed by atoms with E-state index < -0.39 is 26.6 Å². The molecule has 3 atom stereocenters. The molecule has 8 nitrogen and oxygen atoms in total. The number of carbonyl (C=O) groups excluding carboxylic acids is 1. The topological polar surface area (TPSA) is 108 Å². The molecule has 0 aromatic rings. The van der Waals surface area contributed by atoms with Crippen molar-refractivity contribution in [2.45, 2.75) is 353 Å². The number of nitrogens with zero attached hydrogens (tertiary/aromatic N) is 1. The van der Waals surface area contributed by atoms with Crippen molar-refractivity contribution in [1.82, 2.24) is 5.32 Å². The Morgan fingerprint density at radius 1 is 0.396 bits per heavy atom. The molecule has 91 heavy (non-hydrogen) atoms. The van der Waals surface area contributed by atoms with E-state index in [1.807, 2.05) is 27.2 Å². The summed E-state index contributed by atoms with van der Waals surface area (Å²) >= 11 is 0. The molecule has 0 aliphatic heterocycles. The van der Waals surface area contributed by atoms with Gasteiger partial charge in [-0.25, -0.2) is 0 Å². The van der Waals surface area contributed by atoms with Crippen LogP contribution >= 0.6 is 7.82 Å². The zero-order valence-electron chi connectivity index (χ0n) is 60.3. The Hall–Kier alpha value is -3.10. The molecule has 0 aromatic carbocycles. The molecule has 0 aromatic heterocycles. The predicted octanol–water partition coefficient (Wildman–Crippen LogP) is 24.5. The first-order valence-electron chi connectivity index (χ1n) is 38.4. The smallest absolute Gasteiger partial charge is 0.268 e. The number of nitrogens with one attached hydrogen (secondary N) is 1. The van der Waals surface area contributed by atoms with Gasteiger partial charge < -0.3 is 28.8 Å². The number of amides is 1. The number of unbranched alkanes of at least 4 members (excludes halogenated alkanes) is 39. The van der Waals surface area contributed by atoms with Crippen LogP contribution in [0.4, 0.5) is 0 Å². The number of quaternary nitrogens is 1. The normalized spacial score (nSPS) is 14.2. The lowest BCUT2D eigenvalue weighted by Crippen LogP contribution is -2.45. The average molecular weight is 1290 g/mol. The predicted molar refractivity (Wildman–Crippen MR) is 399 cm³/mol. The van der Waals surface area contributed by atoms with Crippen molar-refractivity contribution >= 4 is 13.7 Å². The SMILES string of the molecule is CC/C=C\C/C=C\C/C=C\C/C=C\C/C=C\C/C=C\C/C=C\CCCCCCCCCCCCCCCCCCCC(=O)NC(COP(=O)([O-])OCC[N+](C)(C)C)C(O)/C=C/CC/C=C/CC/C=C/CCCCCCCCCCCCCCCCCCCCCC. The fourth-order valence-electron chi connectivity index (χ4n) is 11.0. The Bertz CT molecular complexity index is 1900. The Morgan fingerprint density at radius 2 is 0.681 bits per heavy atom. The van der Waals surface area contributed by atoms with E-state index >= 15 is 0 Å². The number of aliphatic hydroxyl groups is 1. The van der Waals surface area contributed by atoms with Gasteiger partial charge >= 0.3 is 0 Å². The lowest BCUT2D eigenvalue weighted by Gasteiger charge is -2.29. The van der Waals surface area contributed by atoms with E-state index in [9.17, 15) is 19.4 Å². The number of phosphoric ester groups is 1. The Morgan fingerprint density at radius 3 is 1.02 bits per heavy atom. The van der Waals surface area contributed by atoms with E-state index in [0.717, 1.165) is 89.9 Å². The van der Waals surface area contributed by atoms with Crippen LogP contribution in [-0.4, -0.2) is 68.5 Å². The molecule has 0 bridgehead atoms. The van der Waals surface area contributed by atoms with Crippen LogP contribution in [-0.2, 0) is 18.4 Å². The lowest BCUT2D eigenvalue weighted by molar-refractivity contribution is -0.870. The van der Waals surface area contributed by atoms with E-state index in [1.54, 1.807) is 6.08 Å². The number of hydrogen-bond acceptors (Lipinski definition) is 6. The molecule has 0 saturated heterocycles. The van der Waals surface area contributed by atoms with Gasteiger partial charge in [-0.2, -0.15) is 0 Å². The monoisotopic (exact) mass is 1290 g/mol. The highest BCUT2D eigenvalue weighted by molar-refractivity contribution is 7.45. The van der Waals surface area contributed by atoms with Gasteiger partial charge in [0.15, 0.2) is 0 Å². The highest BCUT2D eigenvalue weighted by atomic mass is 31.2. The molecule has 0 rings (SSSR count). The molecule has 0 aliphatic carbocycles. The second-order valence-corrected chi connectivity index (χ2v) is 28.4. The average Bonchev–Trinajstić information content (AvgIpc) is 3.58. The molecule has 0 radical (unpaired) electrons. The van der Waals surface area contributed by atoms with Crippen molar-refractivity contribution in [3.63, 3.8) is 0 Å². The van der Waals surface area contributed by atoms with Gasteiger partial charge in [0.1, 0.15) is 13.2 Å². The van der Waals surface area contributed by atoms with Crippen LogP contribution in [0.25, 0.3) is 0 Å². The van der Waals surface area contributed by atoms with Crippen molar-refractivity contribution in [2.24, 2.45) is 0 Å². The van der Waals surface area contributed by atoms with Crippen LogP contribution in [0.2, 0.25) is 0 Å². The van der Waals surface area contributed by atoms with Gasteiger partial charge in [-0.15, -0.1) is 0 Å². The summed E-state index contributed by atoms with van der Waals surface area (Å²) in [5, 5.41) is 14.0. The second kappa shape index (κ2) is 71.2. The Labute approximate surface area is 564 Å². The van der Waals surface area contributed by atoms with Crippen molar-refractivity contribution in [1.29, 1.82) is 0 Å². The minimum Gasteiger partial charge on any atom is -0.756 e. The van der Waals surface area contributed by atoms with E-state index in [0.29, 0.717) is 17.4 Å². The summed E-state index contributed by atoms with van der Waals surface area (Å²) in [6.45, 7) is 4.54. The van der Waals surface area contributed by atoms with Gasteiger partial charge in [0.05, 0.1) is 39.9 Å². The van der Waals surface area contributed by atoms with Crippen molar-refractivity contribution in [2.75, 3.05) is 40.9 Å². The summed E-state index contributed by atoms with van der Waals surface area (Å²) in [5.41, 5.74) is 0. The molecule has 526 valence electrons. The largest absolute Gasteiger partial charge is 0.756 e. The number of hydrogen-bond donors (Lipinski definition) is 2. The molecule has 2 N–H and O–H groups in total. The first kappa shape index (κ1) is 87.9. The zero-order chi connectivity index (χ0) is 66.2. The third kappa shape index (κ3) is 74.2. The third-order valence-electron chi connectivity index (χ3n) is 16.9. The number of allylic oxidation sites excluding steroid dienone is 19. The highest BCUT2D eigenvalue weighted by Crippen LogP contribution is 2.38. The number of carbonyl (C=O) groups is 1. The van der Waals surface area contributed by atoms with Crippen molar-refractivity contribution in [3.8, 4) is 0 Å². The first-order valence-corrected chi connectivity index (χ1v) is 39.9. The van der Waals surface area contributed by atoms with Crippen LogP contribution in [0.5, 0.6) is 0 Å². The van der Waals surface area contributed by atoms with Gasteiger partial charge in [-0.3, -0.25) is 9.36 Å². The Balaban J connectivity index is 4.07. The van der Waals surface area contributed by atoms with Gasteiger partial charge in [0.2, 0.25) is 5.91 Å². The fourth-order valence-corrected chi connectivity index (χ4v) is 11.7. The quantitative estimate of drug-likeness (QED) is 0.0272. The molecule has 0 fully saturated rings. The summed E-state index contributed by atoms with van der Waals surface area (Å²) in [6, 6.07) is -0.918. The number of phosphoric acid groups is 1. The highest BCUT2D eigenvalue weighted by Gasteiger charge is 2.23. The lowest BCUT2D eigenvalue weighted by atomic mass is 10.0. The molecular formula is C82H147N2O6P. The maximum absolute atomic E-state index is 13.1. The van der Waals surface area contributed by atoms with Gasteiger partial charge in [0.25, 0.3) is 7.82 Å². The summed E-state index contributed by atoms with van der Waals surface area (Å²) in [6.07, 6.45) is 106. The molecule has 1 amide bonds. The van der Waals surface area contributed by atoms with Crippen LogP contribution in [0.3, 0.4) is 0 Å². The number of aliphatic hydroxyl groups excluding tert-OH is 1. The number of rotatable bonds is 70. The van der Waals surface area contributed by atoms with E-state index in [-0.39, 0.29) is 12.5 Å². The maximum Gasteiger partial charge on any atom is 0.268 e. The molecule has 0 aliphatic rings. The molecule has 0 heterocycles. The summed E-state index contributed by atoms with van der Waals surface area (Å²) in [5.74, 6) is -0.210. The van der Waals surface area contributed by atoms with E-state index in [2.05, 4.69) is 129 Å². The van der Waals surface area contributed by atoms with Crippen LogP contribution in [0.15, 0.2) is 122 Å². The second-order valence-electron chi connectivity index (χ2n) is 27.0. The fraction of sp³-hybridized carbons (Fsp3) is 0.744. The van der Waals surface area contributed by atoms with Gasteiger partial charge in [-0.1, -0.05) is 354 Å². The third-order valence-corrected chi connectivity index (χ3v) is 17.8. The first-order chi connectivity index (χ1) is 44.5. The minimum absolute atomic E-state index is 0.0123. The van der Waals surface area contributed by atoms with Crippen LogP contribution in [0.1, 0.15) is 341 Å².